The van der Waals surface area contributed by atoms with E-state index in [0.717, 1.165) is 12.1 Å². The monoisotopic (exact) mass is 319 g/mol. The number of aliphatic hydroxyl groups excluding tert-OH is 1. The van der Waals surface area contributed by atoms with Crippen molar-refractivity contribution in [2.45, 2.75) is 24.8 Å². The van der Waals surface area contributed by atoms with E-state index in [4.69, 9.17) is 10.2 Å². The Morgan fingerprint density at radius 3 is 1.94 bits per heavy atom. The Morgan fingerprint density at radius 1 is 1.33 bits per heavy atom. The predicted octanol–water partition coefficient (Wildman–Crippen LogP) is 2.44. The van der Waals surface area contributed by atoms with E-state index in [9.17, 15) is 14.9 Å². The molecule has 0 bridgehead atoms. The Bertz CT molecular complexity index is 363. The fraction of sp³-hybridized carbons (Fsp3) is 0.364. The largest absolute Gasteiger partial charge is 0.478 e. The van der Waals surface area contributed by atoms with E-state index in [1.807, 2.05) is 6.92 Å². The van der Waals surface area contributed by atoms with Gasteiger partial charge >= 0.3 is 5.97 Å². The molecule has 18 heavy (non-hydrogen) atoms. The van der Waals surface area contributed by atoms with Crippen LogP contribution in [0.1, 0.15) is 24.2 Å². The highest BCUT2D eigenvalue weighted by atomic mass is 79.9. The molecule has 0 amide bonds. The number of aromatic carboxylic acids is 1. The minimum Gasteiger partial charge on any atom is -0.478 e. The number of hydrogen-bond acceptors (Lipinski definition) is 4. The van der Waals surface area contributed by atoms with Crippen LogP contribution in [-0.2, 0) is 0 Å². The summed E-state index contributed by atoms with van der Waals surface area (Å²) in [6.07, 6.45) is -0.231. The molecule has 0 spiro atoms. The van der Waals surface area contributed by atoms with Gasteiger partial charge in [-0.05, 0) is 19.1 Å². The minimum atomic E-state index is -1.09. The van der Waals surface area contributed by atoms with Gasteiger partial charge < -0.3 is 10.2 Å². The minimum absolute atomic E-state index is 0.0422. The fourth-order valence-corrected chi connectivity index (χ4v) is 0.726. The summed E-state index contributed by atoms with van der Waals surface area (Å²) in [7, 11) is 0. The van der Waals surface area contributed by atoms with E-state index in [1.54, 1.807) is 6.92 Å². The molecular formula is C11H14BrNO5. The van der Waals surface area contributed by atoms with Gasteiger partial charge in [0.1, 0.15) is 0 Å². The van der Waals surface area contributed by atoms with Gasteiger partial charge in [-0.3, -0.25) is 10.1 Å². The second kappa shape index (κ2) is 7.78. The second-order valence-corrected chi connectivity index (χ2v) is 4.97. The third-order valence-electron chi connectivity index (χ3n) is 1.99. The molecule has 0 aliphatic carbocycles. The van der Waals surface area contributed by atoms with Crippen LogP contribution in [0.3, 0.4) is 0 Å². The number of alkyl halides is 1. The summed E-state index contributed by atoms with van der Waals surface area (Å²) in [4.78, 5) is 20.1. The zero-order chi connectivity index (χ0) is 14.3. The average molecular weight is 320 g/mol. The summed E-state index contributed by atoms with van der Waals surface area (Å²) in [6, 6.07) is 4.70. The number of rotatable bonds is 3. The summed E-state index contributed by atoms with van der Waals surface area (Å²) in [5, 5.41) is 27.2. The maximum Gasteiger partial charge on any atom is 0.335 e. The van der Waals surface area contributed by atoms with Crippen LogP contribution in [-0.4, -0.2) is 32.0 Å². The molecule has 0 saturated carbocycles. The Kier molecular flexibility index (Phi) is 7.14. The highest BCUT2D eigenvalue weighted by molar-refractivity contribution is 9.09. The van der Waals surface area contributed by atoms with Gasteiger partial charge in [0.05, 0.1) is 16.6 Å². The van der Waals surface area contributed by atoms with Crippen LogP contribution < -0.4 is 0 Å². The van der Waals surface area contributed by atoms with Gasteiger partial charge in [-0.2, -0.15) is 0 Å². The van der Waals surface area contributed by atoms with Crippen LogP contribution >= 0.6 is 15.9 Å². The van der Waals surface area contributed by atoms with E-state index in [2.05, 4.69) is 15.9 Å². The molecule has 1 aromatic rings. The molecule has 0 aliphatic heterocycles. The van der Waals surface area contributed by atoms with Crippen molar-refractivity contribution in [1.29, 1.82) is 0 Å². The molecule has 6 nitrogen and oxygen atoms in total. The van der Waals surface area contributed by atoms with Crippen LogP contribution in [0.25, 0.3) is 0 Å². The topological polar surface area (TPSA) is 101 Å². The first-order valence-electron chi connectivity index (χ1n) is 5.05. The number of nitro benzene ring substituents is 1. The first kappa shape index (κ1) is 16.5. The first-order chi connectivity index (χ1) is 8.25. The number of benzene rings is 1. The van der Waals surface area contributed by atoms with Crippen LogP contribution in [0.15, 0.2) is 24.3 Å². The van der Waals surface area contributed by atoms with Gasteiger partial charge in [0.25, 0.3) is 5.69 Å². The molecule has 0 saturated heterocycles. The van der Waals surface area contributed by atoms with Crippen molar-refractivity contribution >= 4 is 27.6 Å². The summed E-state index contributed by atoms with van der Waals surface area (Å²) < 4.78 is 0. The number of aliphatic hydroxyl groups is 1. The van der Waals surface area contributed by atoms with Crippen LogP contribution in [0.5, 0.6) is 0 Å². The van der Waals surface area contributed by atoms with E-state index < -0.39 is 10.9 Å². The predicted molar refractivity (Wildman–Crippen MR) is 70.1 cm³/mol. The lowest BCUT2D eigenvalue weighted by Crippen LogP contribution is -2.10. The lowest BCUT2D eigenvalue weighted by atomic mass is 10.2. The fourth-order valence-electron chi connectivity index (χ4n) is 0.726. The third-order valence-corrected chi connectivity index (χ3v) is 2.75. The van der Waals surface area contributed by atoms with Crippen LogP contribution in [0.2, 0.25) is 0 Å². The van der Waals surface area contributed by atoms with Gasteiger partial charge in [0.15, 0.2) is 0 Å². The highest BCUT2D eigenvalue weighted by Crippen LogP contribution is 2.11. The molecule has 0 aliphatic rings. The molecule has 2 unspecified atom stereocenters. The van der Waals surface area contributed by atoms with Gasteiger partial charge in [0.2, 0.25) is 0 Å². The average Bonchev–Trinajstić information content (AvgIpc) is 2.29. The molecule has 100 valence electrons. The first-order valence-corrected chi connectivity index (χ1v) is 5.97. The van der Waals surface area contributed by atoms with Gasteiger partial charge in [-0.15, -0.1) is 0 Å². The Morgan fingerprint density at radius 2 is 1.72 bits per heavy atom. The quantitative estimate of drug-likeness (QED) is 0.506. The highest BCUT2D eigenvalue weighted by Gasteiger charge is 2.06. The summed E-state index contributed by atoms with van der Waals surface area (Å²) in [5.74, 6) is -1.09. The Balaban J connectivity index is 0.000000411. The summed E-state index contributed by atoms with van der Waals surface area (Å²) in [6.45, 7) is 3.66. The number of carbonyl (C=O) groups is 1. The molecule has 2 N–H and O–H groups in total. The van der Waals surface area contributed by atoms with E-state index >= 15 is 0 Å². The Labute approximate surface area is 113 Å². The van der Waals surface area contributed by atoms with Crippen LogP contribution in [0.4, 0.5) is 5.69 Å². The number of hydrogen-bond donors (Lipinski definition) is 2. The van der Waals surface area contributed by atoms with E-state index in [0.29, 0.717) is 0 Å². The van der Waals surface area contributed by atoms with Crippen molar-refractivity contribution < 1.29 is 19.9 Å². The maximum absolute atomic E-state index is 10.3. The molecule has 7 heteroatoms. The van der Waals surface area contributed by atoms with E-state index in [-0.39, 0.29) is 22.2 Å². The van der Waals surface area contributed by atoms with Crippen molar-refractivity contribution in [3.8, 4) is 0 Å². The second-order valence-electron chi connectivity index (χ2n) is 3.53. The molecule has 1 rings (SSSR count). The van der Waals surface area contributed by atoms with Crippen molar-refractivity contribution in [2.75, 3.05) is 0 Å². The number of non-ortho nitro benzene ring substituents is 1. The molecule has 1 aromatic carbocycles. The maximum atomic E-state index is 10.3. The molecule has 0 heterocycles. The summed E-state index contributed by atoms with van der Waals surface area (Å²) in [5.41, 5.74) is -0.0689. The number of carboxylic acid groups (broad SMARTS) is 1. The van der Waals surface area contributed by atoms with Crippen LogP contribution in [0, 0.1) is 10.1 Å². The number of nitro groups is 1. The lowest BCUT2D eigenvalue weighted by Gasteiger charge is -2.02. The summed E-state index contributed by atoms with van der Waals surface area (Å²) >= 11 is 3.19. The van der Waals surface area contributed by atoms with Crippen molar-refractivity contribution in [3.05, 3.63) is 39.9 Å². The van der Waals surface area contributed by atoms with Crippen molar-refractivity contribution in [2.24, 2.45) is 0 Å². The van der Waals surface area contributed by atoms with Gasteiger partial charge in [0, 0.05) is 17.0 Å². The Hall–Kier alpha value is -1.47. The van der Waals surface area contributed by atoms with Crippen molar-refractivity contribution in [1.82, 2.24) is 0 Å². The lowest BCUT2D eigenvalue weighted by molar-refractivity contribution is -0.384. The van der Waals surface area contributed by atoms with Crippen molar-refractivity contribution in [3.63, 3.8) is 0 Å². The molecule has 0 radical (unpaired) electrons. The zero-order valence-corrected chi connectivity index (χ0v) is 11.5. The zero-order valence-electron chi connectivity index (χ0n) is 9.91. The van der Waals surface area contributed by atoms with Gasteiger partial charge in [-0.1, -0.05) is 22.9 Å². The molecule has 2 atom stereocenters. The molecular weight excluding hydrogens is 306 g/mol. The number of halogens is 1. The normalized spacial score (nSPS) is 12.9. The van der Waals surface area contributed by atoms with Gasteiger partial charge in [-0.25, -0.2) is 4.79 Å². The molecule has 0 fully saturated rings. The molecule has 0 aromatic heterocycles. The third kappa shape index (κ3) is 6.31. The number of nitrogens with zero attached hydrogens (tertiary/aromatic N) is 1. The smallest absolute Gasteiger partial charge is 0.335 e. The van der Waals surface area contributed by atoms with E-state index in [1.165, 1.54) is 12.1 Å². The SMILES string of the molecule is CC(O)C(C)Br.O=C(O)c1ccc([N+](=O)[O-])cc1. The standard InChI is InChI=1S/C7H5NO4.C4H9BrO/c9-7(10)5-1-3-6(4-2-5)8(11)12;1-3(5)4(2)6/h1-4H,(H,9,10);3-4,6H,1-2H3. The number of carboxylic acids is 1.